The average Bonchev–Trinajstić information content (AvgIpc) is 2.04. The van der Waals surface area contributed by atoms with Crippen LogP contribution in [0.2, 0.25) is 0 Å². The predicted octanol–water partition coefficient (Wildman–Crippen LogP) is 1.19. The molecule has 0 saturated heterocycles. The van der Waals surface area contributed by atoms with Crippen LogP contribution in [-0.2, 0) is 4.79 Å². The lowest BCUT2D eigenvalue weighted by atomic mass is 10.2. The zero-order valence-corrected chi connectivity index (χ0v) is 8.50. The van der Waals surface area contributed by atoms with Crippen molar-refractivity contribution in [3.63, 3.8) is 0 Å². The van der Waals surface area contributed by atoms with Gasteiger partial charge in [-0.15, -0.1) is 5.92 Å². The first-order valence-electron chi connectivity index (χ1n) is 4.47. The monoisotopic (exact) mass is 183 g/mol. The molecular weight excluding hydrogens is 166 g/mol. The van der Waals surface area contributed by atoms with Gasteiger partial charge in [0.05, 0.1) is 13.0 Å². The number of aliphatic carboxylic acids is 1. The molecule has 0 spiro atoms. The van der Waals surface area contributed by atoms with Gasteiger partial charge in [-0.2, -0.15) is 0 Å². The first-order chi connectivity index (χ1) is 6.11. The third-order valence-electron chi connectivity index (χ3n) is 1.96. The number of nitrogens with zero attached hydrogens (tertiary/aromatic N) is 1. The highest BCUT2D eigenvalue weighted by Gasteiger charge is 2.13. The summed E-state index contributed by atoms with van der Waals surface area (Å²) in [5, 5.41) is 8.59. The molecule has 0 bridgehead atoms. The Labute approximate surface area is 79.7 Å². The van der Waals surface area contributed by atoms with Crippen LogP contribution in [0.3, 0.4) is 0 Å². The highest BCUT2D eigenvalue weighted by molar-refractivity contribution is 5.67. The smallest absolute Gasteiger partial charge is 0.304 e. The Balaban J connectivity index is 4.03. The molecule has 0 aromatic heterocycles. The van der Waals surface area contributed by atoms with Crippen molar-refractivity contribution in [3.8, 4) is 11.8 Å². The average molecular weight is 183 g/mol. The summed E-state index contributed by atoms with van der Waals surface area (Å²) in [5.74, 6) is 4.98. The SMILES string of the molecule is CC#CCN(CC)C(C)CC(=O)O. The minimum absolute atomic E-state index is 0.0587. The van der Waals surface area contributed by atoms with Crippen molar-refractivity contribution in [3.05, 3.63) is 0 Å². The lowest BCUT2D eigenvalue weighted by molar-refractivity contribution is -0.138. The van der Waals surface area contributed by atoms with Gasteiger partial charge in [0, 0.05) is 6.04 Å². The van der Waals surface area contributed by atoms with E-state index in [-0.39, 0.29) is 12.5 Å². The first-order valence-corrected chi connectivity index (χ1v) is 4.47. The molecule has 1 atom stereocenters. The molecule has 0 aromatic rings. The van der Waals surface area contributed by atoms with Crippen molar-refractivity contribution in [1.29, 1.82) is 0 Å². The minimum atomic E-state index is -0.754. The van der Waals surface area contributed by atoms with Crippen LogP contribution >= 0.6 is 0 Å². The van der Waals surface area contributed by atoms with E-state index in [2.05, 4.69) is 11.8 Å². The number of hydrogen-bond donors (Lipinski definition) is 1. The zero-order valence-electron chi connectivity index (χ0n) is 8.50. The van der Waals surface area contributed by atoms with Gasteiger partial charge in [0.15, 0.2) is 0 Å². The molecule has 0 aromatic carbocycles. The molecule has 0 rings (SSSR count). The van der Waals surface area contributed by atoms with Crippen LogP contribution in [0.5, 0.6) is 0 Å². The molecule has 0 saturated carbocycles. The molecule has 3 heteroatoms. The van der Waals surface area contributed by atoms with E-state index in [1.165, 1.54) is 0 Å². The third-order valence-corrected chi connectivity index (χ3v) is 1.96. The molecule has 0 aliphatic heterocycles. The van der Waals surface area contributed by atoms with Crippen molar-refractivity contribution < 1.29 is 9.90 Å². The Morgan fingerprint density at radius 1 is 1.62 bits per heavy atom. The molecular formula is C10H17NO2. The lowest BCUT2D eigenvalue weighted by Crippen LogP contribution is -2.34. The summed E-state index contributed by atoms with van der Waals surface area (Å²) in [7, 11) is 0. The van der Waals surface area contributed by atoms with Crippen molar-refractivity contribution >= 4 is 5.97 Å². The van der Waals surface area contributed by atoms with Crippen LogP contribution in [-0.4, -0.2) is 35.1 Å². The summed E-state index contributed by atoms with van der Waals surface area (Å²) in [4.78, 5) is 12.5. The molecule has 0 heterocycles. The van der Waals surface area contributed by atoms with Crippen LogP contribution in [0.15, 0.2) is 0 Å². The summed E-state index contributed by atoms with van der Waals surface area (Å²) >= 11 is 0. The Kier molecular flexibility index (Phi) is 5.99. The van der Waals surface area contributed by atoms with Gasteiger partial charge < -0.3 is 5.11 Å². The fraction of sp³-hybridized carbons (Fsp3) is 0.700. The molecule has 13 heavy (non-hydrogen) atoms. The van der Waals surface area contributed by atoms with E-state index in [9.17, 15) is 4.79 Å². The minimum Gasteiger partial charge on any atom is -0.481 e. The van der Waals surface area contributed by atoms with Crippen molar-refractivity contribution in [2.75, 3.05) is 13.1 Å². The molecule has 3 nitrogen and oxygen atoms in total. The normalized spacial score (nSPS) is 12.0. The Morgan fingerprint density at radius 3 is 2.62 bits per heavy atom. The quantitative estimate of drug-likeness (QED) is 0.651. The highest BCUT2D eigenvalue weighted by atomic mass is 16.4. The zero-order chi connectivity index (χ0) is 10.3. The molecule has 0 aliphatic rings. The summed E-state index contributed by atoms with van der Waals surface area (Å²) in [5.41, 5.74) is 0. The topological polar surface area (TPSA) is 40.5 Å². The van der Waals surface area contributed by atoms with Gasteiger partial charge in [0.2, 0.25) is 0 Å². The molecule has 0 aliphatic carbocycles. The number of hydrogen-bond acceptors (Lipinski definition) is 2. The summed E-state index contributed by atoms with van der Waals surface area (Å²) in [6.45, 7) is 7.20. The van der Waals surface area contributed by atoms with Crippen LogP contribution in [0.1, 0.15) is 27.2 Å². The Bertz CT molecular complexity index is 215. The van der Waals surface area contributed by atoms with Gasteiger partial charge in [-0.25, -0.2) is 0 Å². The lowest BCUT2D eigenvalue weighted by Gasteiger charge is -2.24. The maximum atomic E-state index is 10.4. The summed E-state index contributed by atoms with van der Waals surface area (Å²) in [6, 6.07) is 0.0587. The molecule has 0 amide bonds. The van der Waals surface area contributed by atoms with E-state index in [0.29, 0.717) is 6.54 Å². The number of carboxylic acid groups (broad SMARTS) is 1. The fourth-order valence-electron chi connectivity index (χ4n) is 1.14. The second kappa shape index (κ2) is 6.50. The van der Waals surface area contributed by atoms with Gasteiger partial charge >= 0.3 is 5.97 Å². The number of carbonyl (C=O) groups is 1. The van der Waals surface area contributed by atoms with Crippen molar-refractivity contribution in [2.45, 2.75) is 33.2 Å². The van der Waals surface area contributed by atoms with E-state index in [1.807, 2.05) is 18.7 Å². The Hall–Kier alpha value is -1.01. The van der Waals surface area contributed by atoms with Gasteiger partial charge in [-0.05, 0) is 20.4 Å². The van der Waals surface area contributed by atoms with Crippen molar-refractivity contribution in [1.82, 2.24) is 4.90 Å². The van der Waals surface area contributed by atoms with Crippen LogP contribution in [0.25, 0.3) is 0 Å². The van der Waals surface area contributed by atoms with Crippen LogP contribution in [0.4, 0.5) is 0 Å². The van der Waals surface area contributed by atoms with Gasteiger partial charge in [-0.3, -0.25) is 9.69 Å². The van der Waals surface area contributed by atoms with Crippen molar-refractivity contribution in [2.24, 2.45) is 0 Å². The third kappa shape index (κ3) is 5.26. The second-order valence-corrected chi connectivity index (χ2v) is 2.94. The predicted molar refractivity (Wildman–Crippen MR) is 52.4 cm³/mol. The van der Waals surface area contributed by atoms with E-state index in [4.69, 9.17) is 5.11 Å². The van der Waals surface area contributed by atoms with Gasteiger partial charge in [0.25, 0.3) is 0 Å². The standard InChI is InChI=1S/C10H17NO2/c1-4-6-7-11(5-2)9(3)8-10(12)13/h9H,5,7-8H2,1-3H3,(H,12,13). The Morgan fingerprint density at radius 2 is 2.23 bits per heavy atom. The molecule has 74 valence electrons. The maximum absolute atomic E-state index is 10.4. The summed E-state index contributed by atoms with van der Waals surface area (Å²) in [6.07, 6.45) is 0.180. The van der Waals surface area contributed by atoms with Gasteiger partial charge in [0.1, 0.15) is 0 Å². The highest BCUT2D eigenvalue weighted by Crippen LogP contribution is 2.02. The van der Waals surface area contributed by atoms with E-state index in [1.54, 1.807) is 6.92 Å². The van der Waals surface area contributed by atoms with Crippen LogP contribution < -0.4 is 0 Å². The molecule has 0 radical (unpaired) electrons. The number of rotatable bonds is 5. The molecule has 1 unspecified atom stereocenters. The summed E-state index contributed by atoms with van der Waals surface area (Å²) < 4.78 is 0. The fourth-order valence-corrected chi connectivity index (χ4v) is 1.14. The first kappa shape index (κ1) is 12.0. The van der Waals surface area contributed by atoms with E-state index < -0.39 is 5.97 Å². The second-order valence-electron chi connectivity index (χ2n) is 2.94. The van der Waals surface area contributed by atoms with Crippen LogP contribution in [0, 0.1) is 11.8 Å². The molecule has 1 N–H and O–H groups in total. The van der Waals surface area contributed by atoms with Gasteiger partial charge in [-0.1, -0.05) is 12.8 Å². The molecule has 0 fully saturated rings. The number of carboxylic acids is 1. The van der Waals surface area contributed by atoms with E-state index >= 15 is 0 Å². The van der Waals surface area contributed by atoms with E-state index in [0.717, 1.165) is 6.54 Å². The largest absolute Gasteiger partial charge is 0.481 e. The maximum Gasteiger partial charge on any atom is 0.304 e.